The molecule has 0 radical (unpaired) electrons. The predicted octanol–water partition coefficient (Wildman–Crippen LogP) is 2.84. The first-order valence-corrected chi connectivity index (χ1v) is 9.89. The summed E-state index contributed by atoms with van der Waals surface area (Å²) in [4.78, 5) is 24.0. The molecule has 0 aliphatic carbocycles. The summed E-state index contributed by atoms with van der Waals surface area (Å²) in [7, 11) is -3.25. The highest BCUT2D eigenvalue weighted by atomic mass is 32.2. The Labute approximate surface area is 153 Å². The molecule has 7 heteroatoms. The Morgan fingerprint density at radius 2 is 1.58 bits per heavy atom. The summed E-state index contributed by atoms with van der Waals surface area (Å²) in [6, 6.07) is 12.7. The summed E-state index contributed by atoms with van der Waals surface area (Å²) in [6.07, 6.45) is 0.117. The van der Waals surface area contributed by atoms with E-state index in [0.29, 0.717) is 23.4 Å². The van der Waals surface area contributed by atoms with Crippen LogP contribution in [-0.2, 0) is 25.8 Å². The second kappa shape index (κ2) is 8.62. The number of amides is 1. The number of ether oxygens (including phenoxy) is 1. The number of sulfone groups is 1. The molecule has 1 N–H and O–H groups in total. The van der Waals surface area contributed by atoms with E-state index >= 15 is 0 Å². The molecule has 138 valence electrons. The van der Waals surface area contributed by atoms with Gasteiger partial charge in [0.25, 0.3) is 0 Å². The van der Waals surface area contributed by atoms with Crippen molar-refractivity contribution >= 4 is 27.4 Å². The van der Waals surface area contributed by atoms with Gasteiger partial charge in [-0.3, -0.25) is 4.79 Å². The van der Waals surface area contributed by atoms with Crippen LogP contribution in [0, 0.1) is 0 Å². The van der Waals surface area contributed by atoms with Gasteiger partial charge in [0.05, 0.1) is 29.2 Å². The van der Waals surface area contributed by atoms with E-state index in [4.69, 9.17) is 4.74 Å². The molecule has 2 aromatic carbocycles. The van der Waals surface area contributed by atoms with Gasteiger partial charge in [0.2, 0.25) is 5.91 Å². The molecule has 0 saturated heterocycles. The van der Waals surface area contributed by atoms with E-state index in [1.807, 2.05) is 0 Å². The summed E-state index contributed by atoms with van der Waals surface area (Å²) in [6.45, 7) is 3.62. The van der Waals surface area contributed by atoms with E-state index in [9.17, 15) is 18.0 Å². The molecular weight excluding hydrogens is 354 g/mol. The number of carbonyl (C=O) groups is 2. The minimum atomic E-state index is -3.25. The number of nitrogens with one attached hydrogen (secondary N) is 1. The standard InChI is InChI=1S/C19H21NO5S/c1-3-25-19(22)15-7-9-16(10-8-15)20-18(21)13-14-5-11-17(12-6-14)26(23,24)4-2/h5-12H,3-4,13H2,1-2H3,(H,20,21). The minimum Gasteiger partial charge on any atom is -0.462 e. The molecular formula is C19H21NO5S. The van der Waals surface area contributed by atoms with Crippen LogP contribution >= 0.6 is 0 Å². The van der Waals surface area contributed by atoms with Crippen molar-refractivity contribution in [3.63, 3.8) is 0 Å². The van der Waals surface area contributed by atoms with Crippen LogP contribution in [0.1, 0.15) is 29.8 Å². The smallest absolute Gasteiger partial charge is 0.338 e. The number of hydrogen-bond donors (Lipinski definition) is 1. The van der Waals surface area contributed by atoms with Gasteiger partial charge in [-0.2, -0.15) is 0 Å². The number of esters is 1. The Hall–Kier alpha value is -2.67. The zero-order chi connectivity index (χ0) is 19.2. The summed E-state index contributed by atoms with van der Waals surface area (Å²) in [5, 5.41) is 2.74. The third kappa shape index (κ3) is 5.16. The maximum atomic E-state index is 12.1. The van der Waals surface area contributed by atoms with Crippen molar-refractivity contribution in [1.82, 2.24) is 0 Å². The maximum Gasteiger partial charge on any atom is 0.338 e. The average Bonchev–Trinajstić information content (AvgIpc) is 2.63. The molecule has 0 atom stereocenters. The lowest BCUT2D eigenvalue weighted by Crippen LogP contribution is -2.14. The van der Waals surface area contributed by atoms with Crippen LogP contribution in [0.5, 0.6) is 0 Å². The first-order valence-electron chi connectivity index (χ1n) is 8.24. The Morgan fingerprint density at radius 1 is 0.962 bits per heavy atom. The Morgan fingerprint density at radius 3 is 2.12 bits per heavy atom. The monoisotopic (exact) mass is 375 g/mol. The Kier molecular flexibility index (Phi) is 6.52. The maximum absolute atomic E-state index is 12.1. The molecule has 26 heavy (non-hydrogen) atoms. The largest absolute Gasteiger partial charge is 0.462 e. The molecule has 0 aliphatic rings. The van der Waals surface area contributed by atoms with Crippen LogP contribution < -0.4 is 5.32 Å². The molecule has 0 aromatic heterocycles. The van der Waals surface area contributed by atoms with E-state index in [1.54, 1.807) is 50.2 Å². The van der Waals surface area contributed by atoms with Gasteiger partial charge in [0, 0.05) is 5.69 Å². The van der Waals surface area contributed by atoms with Crippen LogP contribution in [0.4, 0.5) is 5.69 Å². The van der Waals surface area contributed by atoms with Gasteiger partial charge in [-0.1, -0.05) is 19.1 Å². The zero-order valence-corrected chi connectivity index (χ0v) is 15.5. The summed E-state index contributed by atoms with van der Waals surface area (Å²) >= 11 is 0. The third-order valence-corrected chi connectivity index (χ3v) is 5.46. The lowest BCUT2D eigenvalue weighted by molar-refractivity contribution is -0.115. The van der Waals surface area contributed by atoms with Crippen molar-refractivity contribution in [3.8, 4) is 0 Å². The van der Waals surface area contributed by atoms with Crippen molar-refractivity contribution in [3.05, 3.63) is 59.7 Å². The zero-order valence-electron chi connectivity index (χ0n) is 14.7. The molecule has 0 unspecified atom stereocenters. The highest BCUT2D eigenvalue weighted by molar-refractivity contribution is 7.91. The predicted molar refractivity (Wildman–Crippen MR) is 98.9 cm³/mol. The number of rotatable bonds is 7. The van der Waals surface area contributed by atoms with E-state index in [1.165, 1.54) is 12.1 Å². The van der Waals surface area contributed by atoms with Crippen LogP contribution in [0.2, 0.25) is 0 Å². The van der Waals surface area contributed by atoms with Gasteiger partial charge in [-0.25, -0.2) is 13.2 Å². The van der Waals surface area contributed by atoms with E-state index in [2.05, 4.69) is 5.32 Å². The molecule has 0 fully saturated rings. The summed E-state index contributed by atoms with van der Waals surface area (Å²) in [5.74, 6) is -0.610. The van der Waals surface area contributed by atoms with Crippen molar-refractivity contribution in [2.45, 2.75) is 25.2 Å². The fraction of sp³-hybridized carbons (Fsp3) is 0.263. The van der Waals surface area contributed by atoms with Crippen LogP contribution in [0.15, 0.2) is 53.4 Å². The topological polar surface area (TPSA) is 89.5 Å². The molecule has 0 bridgehead atoms. The van der Waals surface area contributed by atoms with Crippen molar-refractivity contribution in [2.75, 3.05) is 17.7 Å². The Bertz CT molecular complexity index is 871. The van der Waals surface area contributed by atoms with Crippen molar-refractivity contribution in [1.29, 1.82) is 0 Å². The van der Waals surface area contributed by atoms with Gasteiger partial charge in [0.1, 0.15) is 0 Å². The highest BCUT2D eigenvalue weighted by Gasteiger charge is 2.12. The molecule has 2 aromatic rings. The molecule has 0 spiro atoms. The number of benzene rings is 2. The van der Waals surface area contributed by atoms with Gasteiger partial charge in [-0.05, 0) is 48.9 Å². The summed E-state index contributed by atoms with van der Waals surface area (Å²) < 4.78 is 28.5. The van der Waals surface area contributed by atoms with Crippen LogP contribution in [-0.4, -0.2) is 32.7 Å². The fourth-order valence-electron chi connectivity index (χ4n) is 2.28. The second-order valence-electron chi connectivity index (χ2n) is 5.57. The highest BCUT2D eigenvalue weighted by Crippen LogP contribution is 2.14. The normalized spacial score (nSPS) is 11.0. The molecule has 2 rings (SSSR count). The van der Waals surface area contributed by atoms with Gasteiger partial charge < -0.3 is 10.1 Å². The van der Waals surface area contributed by atoms with Gasteiger partial charge in [0.15, 0.2) is 9.84 Å². The fourth-order valence-corrected chi connectivity index (χ4v) is 3.16. The van der Waals surface area contributed by atoms with Crippen molar-refractivity contribution in [2.24, 2.45) is 0 Å². The van der Waals surface area contributed by atoms with Crippen LogP contribution in [0.3, 0.4) is 0 Å². The Balaban J connectivity index is 1.97. The van der Waals surface area contributed by atoms with E-state index in [-0.39, 0.29) is 23.0 Å². The molecule has 0 heterocycles. The lowest BCUT2D eigenvalue weighted by Gasteiger charge is -2.07. The van der Waals surface area contributed by atoms with E-state index < -0.39 is 15.8 Å². The first kappa shape index (κ1) is 19.7. The first-order chi connectivity index (χ1) is 12.4. The third-order valence-electron chi connectivity index (χ3n) is 3.71. The number of carbonyl (C=O) groups excluding carboxylic acids is 2. The quantitative estimate of drug-likeness (QED) is 0.752. The van der Waals surface area contributed by atoms with Gasteiger partial charge >= 0.3 is 5.97 Å². The SMILES string of the molecule is CCOC(=O)c1ccc(NC(=O)Cc2ccc(S(=O)(=O)CC)cc2)cc1. The number of hydrogen-bond acceptors (Lipinski definition) is 5. The molecule has 1 amide bonds. The molecule has 0 aliphatic heterocycles. The minimum absolute atomic E-state index is 0.0363. The van der Waals surface area contributed by atoms with Gasteiger partial charge in [-0.15, -0.1) is 0 Å². The second-order valence-corrected chi connectivity index (χ2v) is 7.85. The van der Waals surface area contributed by atoms with Crippen molar-refractivity contribution < 1.29 is 22.7 Å². The van der Waals surface area contributed by atoms with E-state index in [0.717, 1.165) is 0 Å². The van der Waals surface area contributed by atoms with Crippen LogP contribution in [0.25, 0.3) is 0 Å². The molecule has 0 saturated carbocycles. The average molecular weight is 375 g/mol. The number of anilines is 1. The lowest BCUT2D eigenvalue weighted by atomic mass is 10.1. The summed E-state index contributed by atoms with van der Waals surface area (Å²) in [5.41, 5.74) is 1.69. The molecule has 6 nitrogen and oxygen atoms in total.